The second-order valence-corrected chi connectivity index (χ2v) is 6.16. The first-order valence-corrected chi connectivity index (χ1v) is 7.51. The number of aromatic amines is 1. The highest BCUT2D eigenvalue weighted by Crippen LogP contribution is 2.28. The summed E-state index contributed by atoms with van der Waals surface area (Å²) in [6.07, 6.45) is 0. The molecule has 108 valence electrons. The van der Waals surface area contributed by atoms with Crippen molar-refractivity contribution in [1.29, 1.82) is 0 Å². The monoisotopic (exact) mass is 360 g/mol. The quantitative estimate of drug-likeness (QED) is 0.568. The van der Waals surface area contributed by atoms with Crippen LogP contribution < -0.4 is 0 Å². The number of nitrogens with one attached hydrogen (secondary N) is 1. The maximum absolute atomic E-state index is 13.2. The molecule has 3 rings (SSSR count). The molecule has 0 aliphatic rings. The Morgan fingerprint density at radius 1 is 1.05 bits per heavy atom. The fourth-order valence-electron chi connectivity index (χ4n) is 2.13. The molecule has 2 aromatic carbocycles. The van der Waals surface area contributed by atoms with Crippen molar-refractivity contribution in [3.63, 3.8) is 0 Å². The van der Waals surface area contributed by atoms with Crippen molar-refractivity contribution in [3.05, 3.63) is 61.6 Å². The predicted molar refractivity (Wildman–Crippen MR) is 87.7 cm³/mol. The largest absolute Gasteiger partial charge is 0.331 e. The van der Waals surface area contributed by atoms with Gasteiger partial charge in [0.05, 0.1) is 32.6 Å². The van der Waals surface area contributed by atoms with Crippen molar-refractivity contribution in [2.24, 2.45) is 0 Å². The maximum atomic E-state index is 13.2. The smallest absolute Gasteiger partial charge is 0.178 e. The second kappa shape index (κ2) is 5.61. The molecular weight excluding hydrogens is 354 g/mol. The number of rotatable bonds is 2. The van der Waals surface area contributed by atoms with Crippen LogP contribution in [-0.2, 0) is 6.54 Å². The van der Waals surface area contributed by atoms with Gasteiger partial charge in [-0.25, -0.2) is 4.39 Å². The lowest BCUT2D eigenvalue weighted by Crippen LogP contribution is -2.00. The average Bonchev–Trinajstić information content (AvgIpc) is 2.71. The first kappa shape index (κ1) is 14.9. The minimum Gasteiger partial charge on any atom is -0.331 e. The molecular formula is C14H8Cl3FN2S. The summed E-state index contributed by atoms with van der Waals surface area (Å²) in [5.74, 6) is -0.447. The lowest BCUT2D eigenvalue weighted by molar-refractivity contribution is 0.627. The van der Waals surface area contributed by atoms with Crippen LogP contribution in [0.3, 0.4) is 0 Å². The Hall–Kier alpha value is -1.07. The molecule has 7 heteroatoms. The molecule has 21 heavy (non-hydrogen) atoms. The SMILES string of the molecule is Fc1ccc(Cn2c(=S)[nH]c3cc(Cl)c(Cl)cc32)cc1Cl. The standard InChI is InChI=1S/C14H8Cl3FN2S/c15-8-4-12-13(5-9(8)16)20(14(21)19-12)6-7-1-2-11(18)10(17)3-7/h1-5H,6H2,(H,19,21). The fraction of sp³-hybridized carbons (Fsp3) is 0.0714. The van der Waals surface area contributed by atoms with Gasteiger partial charge in [0.15, 0.2) is 4.77 Å². The van der Waals surface area contributed by atoms with Gasteiger partial charge in [0.1, 0.15) is 5.82 Å². The molecule has 3 aromatic rings. The van der Waals surface area contributed by atoms with Crippen LogP contribution in [0.4, 0.5) is 4.39 Å². The van der Waals surface area contributed by atoms with Crippen LogP contribution in [-0.4, -0.2) is 9.55 Å². The van der Waals surface area contributed by atoms with Gasteiger partial charge in [-0.1, -0.05) is 40.9 Å². The number of benzene rings is 2. The zero-order valence-electron chi connectivity index (χ0n) is 10.5. The Labute approximate surface area is 140 Å². The summed E-state index contributed by atoms with van der Waals surface area (Å²) in [6, 6.07) is 8.05. The Balaban J connectivity index is 2.11. The van der Waals surface area contributed by atoms with E-state index < -0.39 is 5.82 Å². The first-order chi connectivity index (χ1) is 9.95. The van der Waals surface area contributed by atoms with E-state index in [4.69, 9.17) is 47.0 Å². The Morgan fingerprint density at radius 2 is 1.76 bits per heavy atom. The van der Waals surface area contributed by atoms with Gasteiger partial charge >= 0.3 is 0 Å². The van der Waals surface area contributed by atoms with Crippen molar-refractivity contribution in [2.45, 2.75) is 6.54 Å². The molecule has 2 nitrogen and oxygen atoms in total. The molecule has 0 saturated heterocycles. The molecule has 0 fully saturated rings. The summed E-state index contributed by atoms with van der Waals surface area (Å²) >= 11 is 23.2. The van der Waals surface area contributed by atoms with Gasteiger partial charge in [-0.2, -0.15) is 0 Å². The fourth-order valence-corrected chi connectivity index (χ4v) is 2.93. The van der Waals surface area contributed by atoms with E-state index in [1.807, 2.05) is 4.57 Å². The van der Waals surface area contributed by atoms with E-state index >= 15 is 0 Å². The third-order valence-corrected chi connectivity index (χ3v) is 4.48. The van der Waals surface area contributed by atoms with Gasteiger partial charge in [-0.15, -0.1) is 0 Å². The van der Waals surface area contributed by atoms with Crippen molar-refractivity contribution >= 4 is 58.1 Å². The lowest BCUT2D eigenvalue weighted by Gasteiger charge is -2.06. The van der Waals surface area contributed by atoms with E-state index in [1.54, 1.807) is 24.3 Å². The normalized spacial score (nSPS) is 11.2. The van der Waals surface area contributed by atoms with Gasteiger partial charge in [0, 0.05) is 0 Å². The van der Waals surface area contributed by atoms with E-state index in [0.717, 1.165) is 16.6 Å². The van der Waals surface area contributed by atoms with Crippen LogP contribution in [0.1, 0.15) is 5.56 Å². The molecule has 0 aliphatic carbocycles. The minimum atomic E-state index is -0.447. The number of hydrogen-bond acceptors (Lipinski definition) is 1. The van der Waals surface area contributed by atoms with Crippen LogP contribution in [0, 0.1) is 10.6 Å². The summed E-state index contributed by atoms with van der Waals surface area (Å²) in [5, 5.41) is 0.987. The Morgan fingerprint density at radius 3 is 2.48 bits per heavy atom. The molecule has 0 bridgehead atoms. The van der Waals surface area contributed by atoms with Gasteiger partial charge < -0.3 is 9.55 Å². The van der Waals surface area contributed by atoms with Crippen LogP contribution in [0.2, 0.25) is 15.1 Å². The average molecular weight is 362 g/mol. The molecule has 0 unspecified atom stereocenters. The van der Waals surface area contributed by atoms with E-state index in [9.17, 15) is 4.39 Å². The van der Waals surface area contributed by atoms with Crippen LogP contribution in [0.25, 0.3) is 11.0 Å². The molecule has 0 atom stereocenters. The second-order valence-electron chi connectivity index (χ2n) is 4.55. The Bertz CT molecular complexity index is 901. The molecule has 1 heterocycles. The van der Waals surface area contributed by atoms with Gasteiger partial charge in [0.2, 0.25) is 0 Å². The van der Waals surface area contributed by atoms with E-state index in [1.165, 1.54) is 6.07 Å². The highest BCUT2D eigenvalue weighted by atomic mass is 35.5. The molecule has 0 amide bonds. The topological polar surface area (TPSA) is 20.7 Å². The summed E-state index contributed by atoms with van der Waals surface area (Å²) in [6.45, 7) is 0.455. The third kappa shape index (κ3) is 2.81. The third-order valence-electron chi connectivity index (χ3n) is 3.14. The molecule has 0 radical (unpaired) electrons. The number of hydrogen-bond donors (Lipinski definition) is 1. The van der Waals surface area contributed by atoms with Crippen LogP contribution in [0.5, 0.6) is 0 Å². The number of imidazole rings is 1. The van der Waals surface area contributed by atoms with E-state index in [0.29, 0.717) is 21.4 Å². The van der Waals surface area contributed by atoms with Crippen molar-refractivity contribution in [2.75, 3.05) is 0 Å². The Kier molecular flexibility index (Phi) is 3.97. The highest BCUT2D eigenvalue weighted by Gasteiger charge is 2.09. The zero-order chi connectivity index (χ0) is 15.1. The molecule has 0 saturated carbocycles. The predicted octanol–water partition coefficient (Wildman–Crippen LogP) is 5.85. The van der Waals surface area contributed by atoms with E-state index in [-0.39, 0.29) is 5.02 Å². The number of halogens is 4. The van der Waals surface area contributed by atoms with Gasteiger partial charge in [-0.05, 0) is 42.0 Å². The molecule has 1 N–H and O–H groups in total. The maximum Gasteiger partial charge on any atom is 0.178 e. The number of fused-ring (bicyclic) bond motifs is 1. The summed E-state index contributed by atoms with van der Waals surface area (Å²) < 4.78 is 15.6. The number of nitrogens with zero attached hydrogens (tertiary/aromatic N) is 1. The summed E-state index contributed by atoms with van der Waals surface area (Å²) in [4.78, 5) is 3.07. The lowest BCUT2D eigenvalue weighted by atomic mass is 10.2. The zero-order valence-corrected chi connectivity index (χ0v) is 13.5. The van der Waals surface area contributed by atoms with Crippen molar-refractivity contribution < 1.29 is 4.39 Å². The van der Waals surface area contributed by atoms with Gasteiger partial charge in [-0.3, -0.25) is 0 Å². The molecule has 0 spiro atoms. The van der Waals surface area contributed by atoms with Crippen LogP contribution >= 0.6 is 47.0 Å². The number of aromatic nitrogens is 2. The minimum absolute atomic E-state index is 0.0833. The van der Waals surface area contributed by atoms with Crippen molar-refractivity contribution in [3.8, 4) is 0 Å². The molecule has 0 aliphatic heterocycles. The summed E-state index contributed by atoms with van der Waals surface area (Å²) in [5.41, 5.74) is 2.46. The first-order valence-electron chi connectivity index (χ1n) is 5.97. The molecule has 1 aromatic heterocycles. The summed E-state index contributed by atoms with van der Waals surface area (Å²) in [7, 11) is 0. The number of H-pyrrole nitrogens is 1. The highest BCUT2D eigenvalue weighted by molar-refractivity contribution is 7.71. The van der Waals surface area contributed by atoms with Crippen molar-refractivity contribution in [1.82, 2.24) is 9.55 Å². The van der Waals surface area contributed by atoms with E-state index in [2.05, 4.69) is 4.98 Å². The van der Waals surface area contributed by atoms with Gasteiger partial charge in [0.25, 0.3) is 0 Å². The van der Waals surface area contributed by atoms with Crippen LogP contribution in [0.15, 0.2) is 30.3 Å².